The molecule has 23 heteroatoms. The molecule has 39 heavy (non-hydrogen) atoms. The van der Waals surface area contributed by atoms with Gasteiger partial charge in [0.05, 0.1) is 12.9 Å². The molecular weight excluding hydrogens is 578 g/mol. The number of hydrogen-bond donors (Lipinski definition) is 10. The van der Waals surface area contributed by atoms with E-state index in [4.69, 9.17) is 20.6 Å². The number of fused-ring (bicyclic) bond motifs is 1. The monoisotopic (exact) mass is 602 g/mol. The van der Waals surface area contributed by atoms with E-state index >= 15 is 0 Å². The second kappa shape index (κ2) is 11.0. The number of aliphatic hydroxyl groups excluding tert-OH is 5. The minimum absolute atomic E-state index is 0.112. The fourth-order valence-corrected chi connectivity index (χ4v) is 5.95. The van der Waals surface area contributed by atoms with Gasteiger partial charge in [0, 0.05) is 6.21 Å². The van der Waals surface area contributed by atoms with Crippen molar-refractivity contribution in [2.24, 2.45) is 0 Å². The number of aromatic amines is 1. The number of phosphoric ester groups is 2. The van der Waals surface area contributed by atoms with Gasteiger partial charge in [0.25, 0.3) is 5.56 Å². The van der Waals surface area contributed by atoms with Crippen molar-refractivity contribution in [3.05, 3.63) is 16.7 Å². The summed E-state index contributed by atoms with van der Waals surface area (Å²) < 4.78 is 49.1. The summed E-state index contributed by atoms with van der Waals surface area (Å²) in [6.07, 6.45) is -14.5. The number of aliphatic hydroxyl groups is 5. The quantitative estimate of drug-likeness (QED) is 0.0966. The predicted molar refractivity (Wildman–Crippen MR) is 122 cm³/mol. The standard InChI is InChI=1S/C16H24N6O15P2/c17-1-4-7(23)9(25)11(27)15(35-4)36-39(31,32)37-38(29,30)33-2-5-8(24)10(26)14(34-5)22-3-19-6-12(22)20-16(18)21-13(6)28/h1,3-5,7-11,14-15,17,23-27H,2H2,(H,29,30)(H,31,32)(H3,18,20,21,28). The number of H-pyrrole nitrogens is 1. The number of nitrogens with zero attached hydrogens (tertiary/aromatic N) is 3. The molecule has 11 N–H and O–H groups in total. The third-order valence-electron chi connectivity index (χ3n) is 5.68. The van der Waals surface area contributed by atoms with Crippen molar-refractivity contribution >= 4 is 39.0 Å². The summed E-state index contributed by atoms with van der Waals surface area (Å²) in [5.41, 5.74) is 4.55. The number of imidazole rings is 1. The summed E-state index contributed by atoms with van der Waals surface area (Å²) in [6.45, 7) is -0.991. The van der Waals surface area contributed by atoms with Crippen LogP contribution in [0.5, 0.6) is 0 Å². The van der Waals surface area contributed by atoms with E-state index in [9.17, 15) is 49.2 Å². The highest BCUT2D eigenvalue weighted by atomic mass is 31.3. The lowest BCUT2D eigenvalue weighted by Gasteiger charge is -2.38. The number of nitrogens with two attached hydrogens (primary N) is 1. The van der Waals surface area contributed by atoms with Crippen LogP contribution >= 0.6 is 15.6 Å². The van der Waals surface area contributed by atoms with E-state index in [0.717, 1.165) is 10.9 Å². The van der Waals surface area contributed by atoms with Gasteiger partial charge in [-0.15, -0.1) is 0 Å². The number of nitrogens with one attached hydrogen (secondary N) is 2. The molecule has 2 aliphatic rings. The molecule has 218 valence electrons. The minimum Gasteiger partial charge on any atom is -0.387 e. The Morgan fingerprint density at radius 2 is 1.77 bits per heavy atom. The largest absolute Gasteiger partial charge is 0.483 e. The van der Waals surface area contributed by atoms with E-state index in [1.807, 2.05) is 0 Å². The van der Waals surface area contributed by atoms with E-state index in [-0.39, 0.29) is 17.1 Å². The Hall–Kier alpha value is -2.20. The molecule has 0 saturated carbocycles. The van der Waals surface area contributed by atoms with Gasteiger partial charge in [-0.3, -0.25) is 23.4 Å². The van der Waals surface area contributed by atoms with Gasteiger partial charge in [0.1, 0.15) is 42.7 Å². The van der Waals surface area contributed by atoms with Crippen LogP contribution in [0.2, 0.25) is 0 Å². The first kappa shape index (κ1) is 29.8. The van der Waals surface area contributed by atoms with Crippen LogP contribution in [-0.4, -0.2) is 117 Å². The zero-order chi connectivity index (χ0) is 28.9. The molecule has 0 aliphatic carbocycles. The molecule has 0 aromatic carbocycles. The fraction of sp³-hybridized carbons (Fsp3) is 0.625. The molecule has 0 radical (unpaired) electrons. The van der Waals surface area contributed by atoms with Crippen LogP contribution < -0.4 is 11.3 Å². The summed E-state index contributed by atoms with van der Waals surface area (Å²) in [5.74, 6) is -0.277. The molecule has 11 atom stereocenters. The number of hydrogen-bond acceptors (Lipinski definition) is 17. The van der Waals surface area contributed by atoms with Crippen LogP contribution in [-0.2, 0) is 32.0 Å². The van der Waals surface area contributed by atoms with Crippen LogP contribution in [0, 0.1) is 5.41 Å². The Morgan fingerprint density at radius 1 is 1.08 bits per heavy atom. The average Bonchev–Trinajstić information content (AvgIpc) is 3.38. The Labute approximate surface area is 216 Å². The number of ether oxygens (including phenoxy) is 2. The van der Waals surface area contributed by atoms with Gasteiger partial charge in [0.15, 0.2) is 23.7 Å². The molecule has 0 amide bonds. The second-order valence-electron chi connectivity index (χ2n) is 8.35. The van der Waals surface area contributed by atoms with Gasteiger partial charge in [-0.2, -0.15) is 9.29 Å². The van der Waals surface area contributed by atoms with E-state index in [1.54, 1.807) is 0 Å². The molecule has 21 nitrogen and oxygen atoms in total. The molecule has 4 rings (SSSR count). The zero-order valence-corrected chi connectivity index (χ0v) is 21.1. The van der Waals surface area contributed by atoms with Crippen molar-refractivity contribution in [1.29, 1.82) is 5.41 Å². The Kier molecular flexibility index (Phi) is 8.39. The SMILES string of the molecule is N=CC1OC(OP(=O)(O)OP(=O)(O)OCC2OC(n3cnc4c(=O)[nH]c(N)nc43)C(O)C2O)C(O)C(O)C1O. The summed E-state index contributed by atoms with van der Waals surface area (Å²) in [6, 6.07) is 0. The van der Waals surface area contributed by atoms with E-state index in [1.165, 1.54) is 0 Å². The van der Waals surface area contributed by atoms with Crippen molar-refractivity contribution in [2.75, 3.05) is 12.3 Å². The first-order chi connectivity index (χ1) is 18.1. The maximum Gasteiger partial charge on any atom is 0.483 e. The lowest BCUT2D eigenvalue weighted by atomic mass is 10.00. The van der Waals surface area contributed by atoms with Gasteiger partial charge in [0.2, 0.25) is 5.95 Å². The summed E-state index contributed by atoms with van der Waals surface area (Å²) in [7, 11) is -11.1. The van der Waals surface area contributed by atoms with Crippen LogP contribution in [0.4, 0.5) is 5.95 Å². The summed E-state index contributed by atoms with van der Waals surface area (Å²) >= 11 is 0. The van der Waals surface area contributed by atoms with Gasteiger partial charge in [-0.25, -0.2) is 14.1 Å². The highest BCUT2D eigenvalue weighted by Gasteiger charge is 2.49. The molecular formula is C16H24N6O15P2. The predicted octanol–water partition coefficient (Wildman–Crippen LogP) is -3.97. The van der Waals surface area contributed by atoms with Crippen molar-refractivity contribution in [3.63, 3.8) is 0 Å². The molecule has 0 spiro atoms. The third kappa shape index (κ3) is 6.11. The highest BCUT2D eigenvalue weighted by molar-refractivity contribution is 7.61. The van der Waals surface area contributed by atoms with Gasteiger partial charge >= 0.3 is 15.6 Å². The van der Waals surface area contributed by atoms with Crippen LogP contribution in [0.15, 0.2) is 11.1 Å². The molecule has 0 bridgehead atoms. The third-order valence-corrected chi connectivity index (χ3v) is 8.28. The fourth-order valence-electron chi connectivity index (χ4n) is 3.80. The lowest BCUT2D eigenvalue weighted by molar-refractivity contribution is -0.259. The van der Waals surface area contributed by atoms with Gasteiger partial charge < -0.3 is 55.9 Å². The van der Waals surface area contributed by atoms with Crippen molar-refractivity contribution in [1.82, 2.24) is 19.5 Å². The molecule has 2 saturated heterocycles. The maximum atomic E-state index is 12.3. The number of anilines is 1. The summed E-state index contributed by atoms with van der Waals surface area (Å²) in [5, 5.41) is 57.2. The van der Waals surface area contributed by atoms with E-state index in [2.05, 4.69) is 28.3 Å². The Morgan fingerprint density at radius 3 is 2.44 bits per heavy atom. The molecule has 4 heterocycles. The van der Waals surface area contributed by atoms with Crippen LogP contribution in [0.1, 0.15) is 6.23 Å². The Balaban J connectivity index is 1.40. The van der Waals surface area contributed by atoms with Gasteiger partial charge in [-0.05, 0) is 0 Å². The van der Waals surface area contributed by atoms with E-state index in [0.29, 0.717) is 6.21 Å². The topological polar surface area (TPSA) is 335 Å². The molecule has 2 aromatic heterocycles. The molecule has 11 unspecified atom stereocenters. The Bertz CT molecular complexity index is 1370. The number of phosphoric acid groups is 2. The van der Waals surface area contributed by atoms with Crippen molar-refractivity contribution < 1.29 is 67.3 Å². The molecule has 2 fully saturated rings. The minimum atomic E-state index is -5.59. The van der Waals surface area contributed by atoms with Gasteiger partial charge in [-0.1, -0.05) is 0 Å². The molecule has 2 aliphatic heterocycles. The van der Waals surface area contributed by atoms with E-state index < -0.39 is 83.1 Å². The maximum absolute atomic E-state index is 12.3. The lowest BCUT2D eigenvalue weighted by Crippen LogP contribution is -2.58. The second-order valence-corrected chi connectivity index (χ2v) is 11.3. The first-order valence-electron chi connectivity index (χ1n) is 10.8. The summed E-state index contributed by atoms with van der Waals surface area (Å²) in [4.78, 5) is 41.7. The molecule has 2 aromatic rings. The van der Waals surface area contributed by atoms with Crippen LogP contribution in [0.3, 0.4) is 0 Å². The van der Waals surface area contributed by atoms with Crippen molar-refractivity contribution in [2.45, 2.75) is 55.2 Å². The number of nitrogen functional groups attached to an aromatic ring is 1. The number of aromatic nitrogens is 4. The smallest absolute Gasteiger partial charge is 0.387 e. The zero-order valence-electron chi connectivity index (χ0n) is 19.3. The van der Waals surface area contributed by atoms with Crippen LogP contribution in [0.25, 0.3) is 11.2 Å². The first-order valence-corrected chi connectivity index (χ1v) is 13.8. The normalized spacial score (nSPS) is 36.4. The van der Waals surface area contributed by atoms with Crippen molar-refractivity contribution in [3.8, 4) is 0 Å². The number of rotatable bonds is 9. The average molecular weight is 602 g/mol. The highest BCUT2D eigenvalue weighted by Crippen LogP contribution is 2.61.